The molecule has 0 saturated carbocycles. The third-order valence-electron chi connectivity index (χ3n) is 3.89. The molecule has 3 aromatic rings. The first-order valence-electron chi connectivity index (χ1n) is 8.24. The van der Waals surface area contributed by atoms with Crippen molar-refractivity contribution in [2.24, 2.45) is 5.10 Å². The van der Waals surface area contributed by atoms with Gasteiger partial charge in [0.25, 0.3) is 11.2 Å². The molecule has 0 bridgehead atoms. The number of nitrogens with one attached hydrogen (secondary N) is 2. The van der Waals surface area contributed by atoms with Gasteiger partial charge in [0.05, 0.1) is 16.8 Å². The van der Waals surface area contributed by atoms with Gasteiger partial charge >= 0.3 is 0 Å². The van der Waals surface area contributed by atoms with Crippen LogP contribution in [0.1, 0.15) is 16.7 Å². The summed E-state index contributed by atoms with van der Waals surface area (Å²) in [4.78, 5) is 29.1. The largest absolute Gasteiger partial charge is 0.290 e. The number of halogens is 1. The van der Waals surface area contributed by atoms with Crippen molar-refractivity contribution in [3.05, 3.63) is 85.4 Å². The second-order valence-corrected chi connectivity index (χ2v) is 5.92. The fraction of sp³-hybridized carbons (Fsp3) is 0.0526. The van der Waals surface area contributed by atoms with Crippen LogP contribution in [0.3, 0.4) is 0 Å². The van der Waals surface area contributed by atoms with Crippen LogP contribution < -0.4 is 11.0 Å². The van der Waals surface area contributed by atoms with E-state index in [-0.39, 0.29) is 22.8 Å². The Morgan fingerprint density at radius 2 is 2.07 bits per heavy atom. The molecule has 0 aliphatic rings. The topological polar surface area (TPSA) is 137 Å². The molecule has 0 aliphatic carbocycles. The number of aromatic amines is 1. The van der Waals surface area contributed by atoms with Crippen LogP contribution in [-0.4, -0.2) is 21.1 Å². The van der Waals surface area contributed by atoms with E-state index in [4.69, 9.17) is 0 Å². The number of aromatic nitrogens is 2. The highest BCUT2D eigenvalue weighted by molar-refractivity contribution is 5.86. The molecule has 10 heteroatoms. The van der Waals surface area contributed by atoms with Crippen LogP contribution in [0.5, 0.6) is 0 Å². The van der Waals surface area contributed by atoms with E-state index in [1.807, 2.05) is 6.07 Å². The average molecular weight is 392 g/mol. The number of hydrogen-bond donors (Lipinski definition) is 2. The maximum atomic E-state index is 14.1. The zero-order chi connectivity index (χ0) is 21.0. The number of benzene rings is 2. The highest BCUT2D eigenvalue weighted by Crippen LogP contribution is 2.22. The van der Waals surface area contributed by atoms with E-state index in [0.29, 0.717) is 11.1 Å². The molecular formula is C19H13FN6O3. The van der Waals surface area contributed by atoms with Crippen molar-refractivity contribution < 1.29 is 9.31 Å². The first-order valence-corrected chi connectivity index (χ1v) is 8.24. The molecule has 0 fully saturated rings. The van der Waals surface area contributed by atoms with Crippen molar-refractivity contribution in [2.45, 2.75) is 6.92 Å². The predicted octanol–water partition coefficient (Wildman–Crippen LogP) is 3.11. The smallest absolute Gasteiger partial charge is 0.281 e. The monoisotopic (exact) mass is 392 g/mol. The van der Waals surface area contributed by atoms with E-state index in [0.717, 1.165) is 12.3 Å². The van der Waals surface area contributed by atoms with E-state index in [1.54, 1.807) is 30.3 Å². The highest BCUT2D eigenvalue weighted by Gasteiger charge is 2.18. The summed E-state index contributed by atoms with van der Waals surface area (Å²) in [6, 6.07) is 12.8. The summed E-state index contributed by atoms with van der Waals surface area (Å²) in [6.45, 7) is 1.53. The van der Waals surface area contributed by atoms with Crippen LogP contribution in [0.4, 0.5) is 16.0 Å². The standard InChI is InChI=1S/C19H13FN6O3/c1-11-7-15(20)14(16(8-11)26(28)29)10-22-25-19-23-17(12-5-3-2-4-6-12)13(9-21)18(27)24-19/h2-8,10H,1H3,(H2,23,24,25,27). The van der Waals surface area contributed by atoms with Crippen molar-refractivity contribution in [1.82, 2.24) is 9.97 Å². The number of nitriles is 1. The van der Waals surface area contributed by atoms with Crippen LogP contribution in [0.2, 0.25) is 0 Å². The first kappa shape index (κ1) is 19.4. The second kappa shape index (κ2) is 8.10. The molecular weight excluding hydrogens is 379 g/mol. The lowest BCUT2D eigenvalue weighted by Crippen LogP contribution is -2.16. The molecule has 0 spiro atoms. The summed E-state index contributed by atoms with van der Waals surface area (Å²) in [7, 11) is 0. The number of hydrazone groups is 1. The lowest BCUT2D eigenvalue weighted by molar-refractivity contribution is -0.385. The molecule has 3 rings (SSSR count). The van der Waals surface area contributed by atoms with Gasteiger partial charge in [-0.1, -0.05) is 30.3 Å². The summed E-state index contributed by atoms with van der Waals surface area (Å²) >= 11 is 0. The lowest BCUT2D eigenvalue weighted by Gasteiger charge is -2.06. The SMILES string of the molecule is Cc1cc(F)c(C=NNc2nc(-c3ccccc3)c(C#N)c(=O)[nH]2)c([N+](=O)[O-])c1. The Morgan fingerprint density at radius 3 is 2.72 bits per heavy atom. The van der Waals surface area contributed by atoms with E-state index in [9.17, 15) is 24.6 Å². The molecule has 1 aromatic heterocycles. The lowest BCUT2D eigenvalue weighted by atomic mass is 10.1. The van der Waals surface area contributed by atoms with Crippen molar-refractivity contribution in [2.75, 3.05) is 5.43 Å². The molecule has 0 amide bonds. The minimum absolute atomic E-state index is 0.112. The van der Waals surface area contributed by atoms with E-state index in [2.05, 4.69) is 20.5 Å². The second-order valence-electron chi connectivity index (χ2n) is 5.92. The number of anilines is 1. The number of rotatable bonds is 5. The Bertz CT molecular complexity index is 1220. The van der Waals surface area contributed by atoms with Crippen LogP contribution in [0.25, 0.3) is 11.3 Å². The number of hydrogen-bond acceptors (Lipinski definition) is 7. The number of nitro benzene ring substituents is 1. The van der Waals surface area contributed by atoms with Gasteiger partial charge in [-0.2, -0.15) is 10.4 Å². The van der Waals surface area contributed by atoms with Gasteiger partial charge in [-0.25, -0.2) is 14.8 Å². The van der Waals surface area contributed by atoms with Gasteiger partial charge in [0.1, 0.15) is 23.0 Å². The Labute approximate surface area is 163 Å². The van der Waals surface area contributed by atoms with Gasteiger partial charge in [-0.3, -0.25) is 19.9 Å². The van der Waals surface area contributed by atoms with Crippen molar-refractivity contribution in [1.29, 1.82) is 5.26 Å². The van der Waals surface area contributed by atoms with Gasteiger partial charge in [0.15, 0.2) is 0 Å². The molecule has 29 heavy (non-hydrogen) atoms. The minimum Gasteiger partial charge on any atom is -0.290 e. The highest BCUT2D eigenvalue weighted by atomic mass is 19.1. The molecule has 0 aliphatic heterocycles. The van der Waals surface area contributed by atoms with Gasteiger partial charge in [-0.05, 0) is 18.6 Å². The number of H-pyrrole nitrogens is 1. The van der Waals surface area contributed by atoms with Crippen molar-refractivity contribution in [3.63, 3.8) is 0 Å². The van der Waals surface area contributed by atoms with Crippen LogP contribution in [0, 0.1) is 34.2 Å². The molecule has 144 valence electrons. The molecule has 9 nitrogen and oxygen atoms in total. The molecule has 0 unspecified atom stereocenters. The van der Waals surface area contributed by atoms with Crippen LogP contribution >= 0.6 is 0 Å². The Hall–Kier alpha value is -4.39. The van der Waals surface area contributed by atoms with Crippen molar-refractivity contribution >= 4 is 17.9 Å². The van der Waals surface area contributed by atoms with Gasteiger partial charge in [0, 0.05) is 11.6 Å². The molecule has 0 atom stereocenters. The number of nitrogens with zero attached hydrogens (tertiary/aromatic N) is 4. The fourth-order valence-electron chi connectivity index (χ4n) is 2.61. The minimum atomic E-state index is -0.812. The molecule has 2 N–H and O–H groups in total. The third kappa shape index (κ3) is 4.14. The normalized spacial score (nSPS) is 10.7. The quantitative estimate of drug-likeness (QED) is 0.389. The third-order valence-corrected chi connectivity index (χ3v) is 3.89. The molecule has 2 aromatic carbocycles. The van der Waals surface area contributed by atoms with E-state index < -0.39 is 22.0 Å². The zero-order valence-corrected chi connectivity index (χ0v) is 15.0. The van der Waals surface area contributed by atoms with Crippen LogP contribution in [-0.2, 0) is 0 Å². The van der Waals surface area contributed by atoms with Crippen molar-refractivity contribution in [3.8, 4) is 17.3 Å². The van der Waals surface area contributed by atoms with Gasteiger partial charge < -0.3 is 0 Å². The van der Waals surface area contributed by atoms with Gasteiger partial charge in [0.2, 0.25) is 5.95 Å². The van der Waals surface area contributed by atoms with Crippen LogP contribution in [0.15, 0.2) is 52.4 Å². The average Bonchev–Trinajstić information content (AvgIpc) is 2.69. The summed E-state index contributed by atoms with van der Waals surface area (Å²) in [5.41, 5.74) is 1.85. The molecule has 1 heterocycles. The molecule has 0 saturated heterocycles. The summed E-state index contributed by atoms with van der Waals surface area (Å²) in [5, 5.41) is 24.1. The Morgan fingerprint density at radius 1 is 1.34 bits per heavy atom. The zero-order valence-electron chi connectivity index (χ0n) is 15.0. The fourth-order valence-corrected chi connectivity index (χ4v) is 2.61. The Balaban J connectivity index is 1.97. The summed E-state index contributed by atoms with van der Waals surface area (Å²) in [5.74, 6) is -0.923. The first-order chi connectivity index (χ1) is 13.9. The molecule has 0 radical (unpaired) electrons. The van der Waals surface area contributed by atoms with Gasteiger partial charge in [-0.15, -0.1) is 0 Å². The maximum Gasteiger partial charge on any atom is 0.281 e. The Kier molecular flexibility index (Phi) is 5.41. The summed E-state index contributed by atoms with van der Waals surface area (Å²) in [6.07, 6.45) is 0.924. The predicted molar refractivity (Wildman–Crippen MR) is 104 cm³/mol. The number of nitro groups is 1. The number of aryl methyl sites for hydroxylation is 1. The van der Waals surface area contributed by atoms with E-state index >= 15 is 0 Å². The maximum absolute atomic E-state index is 14.1. The van der Waals surface area contributed by atoms with E-state index in [1.165, 1.54) is 13.0 Å². The summed E-state index contributed by atoms with van der Waals surface area (Å²) < 4.78 is 14.1.